The van der Waals surface area contributed by atoms with Crippen LogP contribution in [-0.4, -0.2) is 56.8 Å². The van der Waals surface area contributed by atoms with E-state index >= 15 is 0 Å². The van der Waals surface area contributed by atoms with Gasteiger partial charge in [0.05, 0.1) is 30.5 Å². The van der Waals surface area contributed by atoms with Crippen LogP contribution in [0.1, 0.15) is 6.42 Å². The first kappa shape index (κ1) is 19.3. The number of hydrogen-bond acceptors (Lipinski definition) is 8. The second kappa shape index (κ2) is 6.97. The predicted octanol–water partition coefficient (Wildman–Crippen LogP) is 2.03. The van der Waals surface area contributed by atoms with Crippen molar-refractivity contribution in [3.05, 3.63) is 49.2 Å². The Kier molecular flexibility index (Phi) is 4.35. The molecule has 1 aliphatic rings. The normalized spacial score (nSPS) is 16.1. The molecule has 156 valence electrons. The summed E-state index contributed by atoms with van der Waals surface area (Å²) in [5.74, 6) is 0.511. The zero-order valence-electron chi connectivity index (χ0n) is 16.5. The van der Waals surface area contributed by atoms with Crippen molar-refractivity contribution in [1.29, 1.82) is 5.26 Å². The monoisotopic (exact) mass is 435 g/mol. The highest BCUT2D eigenvalue weighted by Crippen LogP contribution is 2.35. The van der Waals surface area contributed by atoms with Crippen molar-refractivity contribution < 1.29 is 12.8 Å². The number of nitriles is 1. The van der Waals surface area contributed by atoms with Gasteiger partial charge < -0.3 is 4.42 Å². The van der Waals surface area contributed by atoms with Crippen molar-refractivity contribution in [2.45, 2.75) is 12.0 Å². The highest BCUT2D eigenvalue weighted by Gasteiger charge is 2.49. The Morgan fingerprint density at radius 1 is 1.29 bits per heavy atom. The van der Waals surface area contributed by atoms with Crippen molar-refractivity contribution >= 4 is 20.9 Å². The second-order valence-electron chi connectivity index (χ2n) is 7.53. The molecule has 0 aliphatic carbocycles. The molecule has 0 atom stereocenters. The van der Waals surface area contributed by atoms with Gasteiger partial charge in [-0.2, -0.15) is 14.7 Å². The minimum Gasteiger partial charge on any atom is -0.442 e. The second-order valence-corrected chi connectivity index (χ2v) is 9.51. The number of aromatic nitrogens is 5. The average Bonchev–Trinajstić information content (AvgIpc) is 3.41. The summed E-state index contributed by atoms with van der Waals surface area (Å²) in [5.41, 5.74) is 1.81. The van der Waals surface area contributed by atoms with Gasteiger partial charge in [0.2, 0.25) is 10.0 Å². The molecule has 0 amide bonds. The van der Waals surface area contributed by atoms with Gasteiger partial charge in [-0.3, -0.25) is 9.67 Å². The van der Waals surface area contributed by atoms with Crippen LogP contribution >= 0.6 is 0 Å². The van der Waals surface area contributed by atoms with E-state index in [1.54, 1.807) is 29.3 Å². The molecule has 0 radical (unpaired) electrons. The van der Waals surface area contributed by atoms with Crippen LogP contribution in [0.5, 0.6) is 0 Å². The molecule has 5 heterocycles. The maximum Gasteiger partial charge on any atom is 0.211 e. The number of rotatable bonds is 5. The van der Waals surface area contributed by atoms with Crippen LogP contribution in [0.3, 0.4) is 0 Å². The molecule has 0 spiro atoms. The van der Waals surface area contributed by atoms with Crippen molar-refractivity contribution in [1.82, 2.24) is 29.0 Å². The fourth-order valence-corrected chi connectivity index (χ4v) is 4.73. The van der Waals surface area contributed by atoms with Crippen LogP contribution < -0.4 is 0 Å². The van der Waals surface area contributed by atoms with E-state index in [-0.39, 0.29) is 19.5 Å². The lowest BCUT2D eigenvalue weighted by Crippen LogP contribution is -2.63. The Morgan fingerprint density at radius 3 is 2.84 bits per heavy atom. The predicted molar refractivity (Wildman–Crippen MR) is 111 cm³/mol. The third-order valence-corrected chi connectivity index (χ3v) is 6.62. The van der Waals surface area contributed by atoms with Gasteiger partial charge in [0.15, 0.2) is 12.2 Å². The Labute approximate surface area is 177 Å². The smallest absolute Gasteiger partial charge is 0.211 e. The fourth-order valence-electron chi connectivity index (χ4n) is 3.78. The first-order chi connectivity index (χ1) is 14.9. The summed E-state index contributed by atoms with van der Waals surface area (Å²) in [6, 6.07) is 9.53. The van der Waals surface area contributed by atoms with E-state index in [0.717, 1.165) is 17.2 Å². The molecule has 1 saturated heterocycles. The van der Waals surface area contributed by atoms with Gasteiger partial charge in [-0.1, -0.05) is 0 Å². The summed E-state index contributed by atoms with van der Waals surface area (Å²) < 4.78 is 32.1. The number of oxazole rings is 1. The lowest BCUT2D eigenvalue weighted by atomic mass is 9.89. The molecular weight excluding hydrogens is 418 g/mol. The van der Waals surface area contributed by atoms with Crippen molar-refractivity contribution in [3.8, 4) is 28.9 Å². The Balaban J connectivity index is 1.59. The summed E-state index contributed by atoms with van der Waals surface area (Å²) in [4.78, 5) is 13.1. The van der Waals surface area contributed by atoms with Gasteiger partial charge >= 0.3 is 0 Å². The summed E-state index contributed by atoms with van der Waals surface area (Å²) >= 11 is 0. The van der Waals surface area contributed by atoms with Crippen LogP contribution in [0.2, 0.25) is 0 Å². The summed E-state index contributed by atoms with van der Waals surface area (Å²) in [7, 11) is -3.32. The van der Waals surface area contributed by atoms with E-state index in [2.05, 4.69) is 21.1 Å². The number of hydrogen-bond donors (Lipinski definition) is 0. The first-order valence-electron chi connectivity index (χ1n) is 9.43. The maximum absolute atomic E-state index is 11.8. The SMILES string of the molecule is CS(=O)(=O)N1CC(CC#N)(n2ccc(-c3nc(-c4cnco4)cc4ncccc34)n2)C1. The average molecular weight is 435 g/mol. The zero-order chi connectivity index (χ0) is 21.6. The maximum atomic E-state index is 11.8. The summed E-state index contributed by atoms with van der Waals surface area (Å²) in [6.45, 7) is 0.405. The van der Waals surface area contributed by atoms with Crippen molar-refractivity contribution in [2.75, 3.05) is 19.3 Å². The highest BCUT2D eigenvalue weighted by molar-refractivity contribution is 7.88. The molecule has 11 heteroatoms. The van der Waals surface area contributed by atoms with Gasteiger partial charge in [-0.05, 0) is 24.3 Å². The highest BCUT2D eigenvalue weighted by atomic mass is 32.2. The molecule has 0 saturated carbocycles. The molecule has 1 aliphatic heterocycles. The molecule has 31 heavy (non-hydrogen) atoms. The Hall–Kier alpha value is -3.62. The Morgan fingerprint density at radius 2 is 2.13 bits per heavy atom. The van der Waals surface area contributed by atoms with Gasteiger partial charge in [0.1, 0.15) is 22.6 Å². The molecular formula is C20H17N7O3S. The van der Waals surface area contributed by atoms with Gasteiger partial charge in [0.25, 0.3) is 0 Å². The molecule has 0 N–H and O–H groups in total. The topological polar surface area (TPSA) is 131 Å². The Bertz CT molecular complexity index is 1410. The van der Waals surface area contributed by atoms with E-state index in [4.69, 9.17) is 9.40 Å². The van der Waals surface area contributed by atoms with Gasteiger partial charge in [-0.15, -0.1) is 0 Å². The number of pyridine rings is 2. The molecule has 5 rings (SSSR count). The molecule has 0 aromatic carbocycles. The molecule has 0 bridgehead atoms. The lowest BCUT2D eigenvalue weighted by molar-refractivity contribution is 0.0726. The van der Waals surface area contributed by atoms with Crippen LogP contribution in [0.25, 0.3) is 33.7 Å². The number of sulfonamides is 1. The van der Waals surface area contributed by atoms with Crippen LogP contribution in [0, 0.1) is 11.3 Å². The van der Waals surface area contributed by atoms with E-state index in [1.165, 1.54) is 10.7 Å². The first-order valence-corrected chi connectivity index (χ1v) is 11.3. The number of nitrogens with zero attached hydrogens (tertiary/aromatic N) is 7. The van der Waals surface area contributed by atoms with E-state index in [0.29, 0.717) is 22.8 Å². The number of fused-ring (bicyclic) bond motifs is 1. The standard InChI is InChI=1S/C20H17N7O3S/c1-31(28,29)26-11-20(12-26,5-6-21)27-8-4-15(25-27)19-14-3-2-7-23-16(14)9-17(24-19)18-10-22-13-30-18/h2-4,7-10,13H,5,11-12H2,1H3. The third kappa shape index (κ3) is 3.26. The lowest BCUT2D eigenvalue weighted by Gasteiger charge is -2.47. The third-order valence-electron chi connectivity index (χ3n) is 5.42. The van der Waals surface area contributed by atoms with Crippen molar-refractivity contribution in [2.24, 2.45) is 0 Å². The molecule has 4 aromatic heterocycles. The molecule has 4 aromatic rings. The minimum atomic E-state index is -3.32. The molecule has 10 nitrogen and oxygen atoms in total. The van der Waals surface area contributed by atoms with Gasteiger partial charge in [0, 0.05) is 30.9 Å². The van der Waals surface area contributed by atoms with Crippen LogP contribution in [0.4, 0.5) is 0 Å². The van der Waals surface area contributed by atoms with E-state index < -0.39 is 15.6 Å². The quantitative estimate of drug-likeness (QED) is 0.465. The van der Waals surface area contributed by atoms with Crippen LogP contribution in [-0.2, 0) is 15.6 Å². The minimum absolute atomic E-state index is 0.147. The van der Waals surface area contributed by atoms with Crippen molar-refractivity contribution in [3.63, 3.8) is 0 Å². The largest absolute Gasteiger partial charge is 0.442 e. The summed E-state index contributed by atoms with van der Waals surface area (Å²) in [6.07, 6.45) is 7.69. The fraction of sp³-hybridized carbons (Fsp3) is 0.250. The molecule has 1 fully saturated rings. The van der Waals surface area contributed by atoms with Crippen LogP contribution in [0.15, 0.2) is 53.7 Å². The summed E-state index contributed by atoms with van der Waals surface area (Å²) in [5, 5.41) is 14.8. The van der Waals surface area contributed by atoms with E-state index in [1.807, 2.05) is 18.2 Å². The van der Waals surface area contributed by atoms with Gasteiger partial charge in [-0.25, -0.2) is 18.4 Å². The van der Waals surface area contributed by atoms with E-state index in [9.17, 15) is 13.7 Å². The zero-order valence-corrected chi connectivity index (χ0v) is 17.3. The molecule has 0 unspecified atom stereocenters.